The maximum absolute atomic E-state index is 8.40. The maximum Gasteiger partial charge on any atom is 0.127 e. The Kier molecular flexibility index (Phi) is 5.80. The van der Waals surface area contributed by atoms with E-state index >= 15 is 0 Å². The van der Waals surface area contributed by atoms with Gasteiger partial charge in [0.25, 0.3) is 0 Å². The number of nitrogens with one attached hydrogen (secondary N) is 4. The number of anilines is 1. The number of ether oxygens (including phenoxy) is 1. The Bertz CT molecular complexity index is 799. The van der Waals surface area contributed by atoms with E-state index < -0.39 is 0 Å². The second-order valence-corrected chi connectivity index (χ2v) is 6.12. The van der Waals surface area contributed by atoms with Crippen molar-refractivity contribution in [2.24, 2.45) is 0 Å². The second kappa shape index (κ2) is 8.44. The molecule has 134 valence electrons. The smallest absolute Gasteiger partial charge is 0.127 e. The summed E-state index contributed by atoms with van der Waals surface area (Å²) in [7, 11) is 0. The van der Waals surface area contributed by atoms with Crippen molar-refractivity contribution in [1.29, 1.82) is 16.2 Å². The van der Waals surface area contributed by atoms with Gasteiger partial charge in [-0.15, -0.1) is 0 Å². The van der Waals surface area contributed by atoms with E-state index in [1.807, 2.05) is 12.1 Å². The summed E-state index contributed by atoms with van der Waals surface area (Å²) in [4.78, 5) is 8.61. The predicted octanol–water partition coefficient (Wildman–Crippen LogP) is 3.51. The van der Waals surface area contributed by atoms with Crippen molar-refractivity contribution in [3.8, 4) is 11.3 Å². The number of hydrogen-bond donors (Lipinski definition) is 4. The average Bonchev–Trinajstić information content (AvgIpc) is 2.69. The van der Waals surface area contributed by atoms with Crippen LogP contribution >= 0.6 is 0 Å². The molecule has 0 spiro atoms. The lowest BCUT2D eigenvalue weighted by Gasteiger charge is -2.25. The van der Waals surface area contributed by atoms with Crippen LogP contribution in [0.15, 0.2) is 36.8 Å². The van der Waals surface area contributed by atoms with E-state index in [0.717, 1.165) is 37.6 Å². The molecular weight excluding hydrogens is 328 g/mol. The highest BCUT2D eigenvalue weighted by Crippen LogP contribution is 2.25. The molecule has 7 heteroatoms. The Hall–Kier alpha value is -2.93. The van der Waals surface area contributed by atoms with Crippen molar-refractivity contribution < 1.29 is 4.74 Å². The summed E-state index contributed by atoms with van der Waals surface area (Å²) in [6.45, 7) is 0.718. The average molecular weight is 350 g/mol. The van der Waals surface area contributed by atoms with Crippen molar-refractivity contribution in [1.82, 2.24) is 9.97 Å². The number of hydrogen-bond acceptors (Lipinski definition) is 7. The first kappa shape index (κ1) is 17.9. The van der Waals surface area contributed by atoms with Gasteiger partial charge < -0.3 is 20.9 Å². The standard InChI is InChI=1S/C19H22N6O/c20-7-6-15(21)19(22)14-10-16(13-4-3-8-23-11-13)24-12-17(14)25-18-5-1-2-9-26-18/h3-4,7-8,10-12,18,20-22,25H,1-2,5-6,9H2. The topological polar surface area (TPSA) is 119 Å². The number of rotatable bonds is 7. The quantitative estimate of drug-likeness (QED) is 0.571. The second-order valence-electron chi connectivity index (χ2n) is 6.12. The van der Waals surface area contributed by atoms with Gasteiger partial charge in [-0.25, -0.2) is 0 Å². The minimum absolute atomic E-state index is 0.0827. The van der Waals surface area contributed by atoms with Crippen LogP contribution < -0.4 is 5.32 Å². The zero-order valence-corrected chi connectivity index (χ0v) is 14.5. The molecule has 2 aromatic rings. The first-order valence-corrected chi connectivity index (χ1v) is 8.63. The lowest BCUT2D eigenvalue weighted by Crippen LogP contribution is -2.28. The summed E-state index contributed by atoms with van der Waals surface area (Å²) in [5.74, 6) is 0. The molecule has 1 atom stereocenters. The minimum Gasteiger partial charge on any atom is -0.359 e. The highest BCUT2D eigenvalue weighted by Gasteiger charge is 2.19. The Labute approximate surface area is 152 Å². The highest BCUT2D eigenvalue weighted by atomic mass is 16.5. The summed E-state index contributed by atoms with van der Waals surface area (Å²) < 4.78 is 5.73. The minimum atomic E-state index is -0.113. The third-order valence-corrected chi connectivity index (χ3v) is 4.23. The van der Waals surface area contributed by atoms with Crippen molar-refractivity contribution in [3.63, 3.8) is 0 Å². The van der Waals surface area contributed by atoms with E-state index in [1.165, 1.54) is 0 Å². The molecule has 1 aliphatic rings. The molecule has 0 amide bonds. The molecule has 3 heterocycles. The van der Waals surface area contributed by atoms with Gasteiger partial charge in [-0.2, -0.15) is 0 Å². The van der Waals surface area contributed by atoms with E-state index in [-0.39, 0.29) is 24.1 Å². The van der Waals surface area contributed by atoms with Gasteiger partial charge in [-0.3, -0.25) is 15.4 Å². The molecular formula is C19H22N6O. The number of nitrogens with zero attached hydrogens (tertiary/aromatic N) is 2. The van der Waals surface area contributed by atoms with E-state index in [2.05, 4.69) is 15.3 Å². The van der Waals surface area contributed by atoms with Crippen LogP contribution in [0.4, 0.5) is 5.69 Å². The highest BCUT2D eigenvalue weighted by molar-refractivity contribution is 6.48. The first-order valence-electron chi connectivity index (χ1n) is 8.63. The maximum atomic E-state index is 8.40. The van der Waals surface area contributed by atoms with Crippen LogP contribution in [0.25, 0.3) is 11.3 Å². The zero-order chi connectivity index (χ0) is 18.4. The van der Waals surface area contributed by atoms with Crippen LogP contribution in [0.5, 0.6) is 0 Å². The fraction of sp³-hybridized carbons (Fsp3) is 0.316. The fourth-order valence-corrected chi connectivity index (χ4v) is 2.84. The SMILES string of the molecule is N=CCC(=N)C(=N)c1cc(-c2cccnc2)ncc1NC1CCCCO1. The lowest BCUT2D eigenvalue weighted by atomic mass is 10.0. The fourth-order valence-electron chi connectivity index (χ4n) is 2.84. The third kappa shape index (κ3) is 4.18. The van der Waals surface area contributed by atoms with Gasteiger partial charge in [0.15, 0.2) is 0 Å². The molecule has 1 saturated heterocycles. The van der Waals surface area contributed by atoms with Crippen LogP contribution in [-0.2, 0) is 4.74 Å². The Balaban J connectivity index is 1.95. The Morgan fingerprint density at radius 3 is 2.88 bits per heavy atom. The van der Waals surface area contributed by atoms with Gasteiger partial charge >= 0.3 is 0 Å². The molecule has 0 bridgehead atoms. The van der Waals surface area contributed by atoms with Crippen molar-refractivity contribution in [2.45, 2.75) is 31.9 Å². The summed E-state index contributed by atoms with van der Waals surface area (Å²) in [6.07, 6.45) is 9.30. The molecule has 0 aromatic carbocycles. The predicted molar refractivity (Wildman–Crippen MR) is 103 cm³/mol. The van der Waals surface area contributed by atoms with Crippen molar-refractivity contribution >= 4 is 23.3 Å². The molecule has 1 fully saturated rings. The zero-order valence-electron chi connectivity index (χ0n) is 14.5. The van der Waals surface area contributed by atoms with Crippen molar-refractivity contribution in [3.05, 3.63) is 42.4 Å². The molecule has 1 aliphatic heterocycles. The first-order chi connectivity index (χ1) is 12.7. The molecule has 3 rings (SSSR count). The molecule has 2 aromatic heterocycles. The third-order valence-electron chi connectivity index (χ3n) is 4.23. The molecule has 0 aliphatic carbocycles. The molecule has 0 radical (unpaired) electrons. The Morgan fingerprint density at radius 1 is 1.31 bits per heavy atom. The lowest BCUT2D eigenvalue weighted by molar-refractivity contribution is 0.0343. The Morgan fingerprint density at radius 2 is 2.19 bits per heavy atom. The van der Waals surface area contributed by atoms with E-state index in [4.69, 9.17) is 21.0 Å². The van der Waals surface area contributed by atoms with Crippen LogP contribution in [0.2, 0.25) is 0 Å². The van der Waals surface area contributed by atoms with Crippen molar-refractivity contribution in [2.75, 3.05) is 11.9 Å². The van der Waals surface area contributed by atoms with Gasteiger partial charge in [0.1, 0.15) is 6.23 Å². The van der Waals surface area contributed by atoms with Crippen LogP contribution in [0, 0.1) is 16.2 Å². The number of aromatic nitrogens is 2. The largest absolute Gasteiger partial charge is 0.359 e. The van der Waals surface area contributed by atoms with Crippen LogP contribution in [0.3, 0.4) is 0 Å². The monoisotopic (exact) mass is 350 g/mol. The van der Waals surface area contributed by atoms with Gasteiger partial charge in [0.05, 0.1) is 29.0 Å². The summed E-state index contributed by atoms with van der Waals surface area (Å²) >= 11 is 0. The summed E-state index contributed by atoms with van der Waals surface area (Å²) in [5, 5.41) is 27.0. The van der Waals surface area contributed by atoms with Gasteiger partial charge in [-0.05, 0) is 37.5 Å². The summed E-state index contributed by atoms with van der Waals surface area (Å²) in [5.41, 5.74) is 2.97. The van der Waals surface area contributed by atoms with Crippen LogP contribution in [-0.4, -0.2) is 40.4 Å². The summed E-state index contributed by atoms with van der Waals surface area (Å²) in [6, 6.07) is 5.53. The molecule has 1 unspecified atom stereocenters. The van der Waals surface area contributed by atoms with Gasteiger partial charge in [0.2, 0.25) is 0 Å². The van der Waals surface area contributed by atoms with E-state index in [1.54, 1.807) is 24.7 Å². The molecule has 0 saturated carbocycles. The van der Waals surface area contributed by atoms with Gasteiger partial charge in [-0.1, -0.05) is 0 Å². The molecule has 7 nitrogen and oxygen atoms in total. The normalized spacial score (nSPS) is 16.7. The van der Waals surface area contributed by atoms with E-state index in [0.29, 0.717) is 16.9 Å². The number of pyridine rings is 2. The van der Waals surface area contributed by atoms with Gasteiger partial charge in [0, 0.05) is 42.8 Å². The molecule has 26 heavy (non-hydrogen) atoms. The van der Waals surface area contributed by atoms with Crippen LogP contribution in [0.1, 0.15) is 31.2 Å². The van der Waals surface area contributed by atoms with E-state index in [9.17, 15) is 0 Å². The molecule has 4 N–H and O–H groups in total.